The molecule has 0 radical (unpaired) electrons. The van der Waals surface area contributed by atoms with Crippen LogP contribution in [0.3, 0.4) is 0 Å². The maximum absolute atomic E-state index is 12.8. The van der Waals surface area contributed by atoms with Gasteiger partial charge in [-0.15, -0.1) is 0 Å². The molecule has 1 N–H and O–H groups in total. The van der Waals surface area contributed by atoms with E-state index in [4.69, 9.17) is 0 Å². The fourth-order valence-electron chi connectivity index (χ4n) is 3.82. The van der Waals surface area contributed by atoms with Gasteiger partial charge in [0.1, 0.15) is 11.9 Å². The number of piperazine rings is 1. The van der Waals surface area contributed by atoms with Crippen LogP contribution in [0.15, 0.2) is 24.4 Å². The van der Waals surface area contributed by atoms with Crippen molar-refractivity contribution < 1.29 is 9.59 Å². The molecule has 1 unspecified atom stereocenters. The molecule has 2 aliphatic heterocycles. The van der Waals surface area contributed by atoms with Gasteiger partial charge in [-0.1, -0.05) is 6.07 Å². The number of carbonyl (C=O) groups is 2. The van der Waals surface area contributed by atoms with Crippen LogP contribution in [0.2, 0.25) is 0 Å². The molecule has 1 aliphatic carbocycles. The van der Waals surface area contributed by atoms with E-state index >= 15 is 0 Å². The summed E-state index contributed by atoms with van der Waals surface area (Å²) in [4.78, 5) is 35.8. The highest BCUT2D eigenvalue weighted by molar-refractivity contribution is 5.89. The topological polar surface area (TPSA) is 68.8 Å². The van der Waals surface area contributed by atoms with Crippen molar-refractivity contribution in [2.75, 3.05) is 44.2 Å². The standard InChI is InChI=1S/C19H27N5O2/c25-18(24-9-3-4-16(24)19(26)21-15-6-7-15)14-22-10-12-23(13-11-22)17-5-1-2-8-20-17/h1-2,5,8,15-16H,3-4,6-7,9-14H2,(H,21,26). The first kappa shape index (κ1) is 17.3. The first-order valence-corrected chi connectivity index (χ1v) is 9.69. The highest BCUT2D eigenvalue weighted by Crippen LogP contribution is 2.22. The Labute approximate surface area is 154 Å². The van der Waals surface area contributed by atoms with Gasteiger partial charge >= 0.3 is 0 Å². The molecule has 1 saturated carbocycles. The molecular formula is C19H27N5O2. The van der Waals surface area contributed by atoms with E-state index in [1.165, 1.54) is 0 Å². The van der Waals surface area contributed by atoms with E-state index < -0.39 is 0 Å². The van der Waals surface area contributed by atoms with E-state index in [2.05, 4.69) is 20.1 Å². The highest BCUT2D eigenvalue weighted by atomic mass is 16.2. The van der Waals surface area contributed by atoms with E-state index in [9.17, 15) is 9.59 Å². The molecule has 140 valence electrons. The lowest BCUT2D eigenvalue weighted by Crippen LogP contribution is -2.53. The molecule has 1 aromatic rings. The molecule has 26 heavy (non-hydrogen) atoms. The lowest BCUT2D eigenvalue weighted by molar-refractivity contribution is -0.139. The maximum atomic E-state index is 12.8. The second kappa shape index (κ2) is 7.61. The van der Waals surface area contributed by atoms with E-state index in [1.807, 2.05) is 24.4 Å². The van der Waals surface area contributed by atoms with Gasteiger partial charge in [-0.05, 0) is 37.8 Å². The summed E-state index contributed by atoms with van der Waals surface area (Å²) in [7, 11) is 0. The Morgan fingerprint density at radius 1 is 1.08 bits per heavy atom. The van der Waals surface area contributed by atoms with Gasteiger partial charge in [-0.3, -0.25) is 14.5 Å². The number of hydrogen-bond donors (Lipinski definition) is 1. The van der Waals surface area contributed by atoms with Crippen molar-refractivity contribution in [2.45, 2.75) is 37.8 Å². The van der Waals surface area contributed by atoms with Crippen molar-refractivity contribution >= 4 is 17.6 Å². The van der Waals surface area contributed by atoms with Gasteiger partial charge in [-0.25, -0.2) is 4.98 Å². The Morgan fingerprint density at radius 2 is 1.88 bits per heavy atom. The van der Waals surface area contributed by atoms with Gasteiger partial charge in [0.05, 0.1) is 6.54 Å². The van der Waals surface area contributed by atoms with Crippen molar-refractivity contribution in [1.29, 1.82) is 0 Å². The summed E-state index contributed by atoms with van der Waals surface area (Å²) in [6.07, 6.45) is 5.67. The summed E-state index contributed by atoms with van der Waals surface area (Å²) in [6, 6.07) is 6.02. The van der Waals surface area contributed by atoms with Crippen LogP contribution in [0.1, 0.15) is 25.7 Å². The number of anilines is 1. The zero-order chi connectivity index (χ0) is 17.9. The molecule has 1 aromatic heterocycles. The molecule has 4 rings (SSSR count). The first-order chi connectivity index (χ1) is 12.7. The van der Waals surface area contributed by atoms with Gasteiger partial charge in [0.15, 0.2) is 0 Å². The van der Waals surface area contributed by atoms with Crippen molar-refractivity contribution in [3.63, 3.8) is 0 Å². The van der Waals surface area contributed by atoms with Crippen LogP contribution in [0.4, 0.5) is 5.82 Å². The van der Waals surface area contributed by atoms with E-state index in [0.717, 1.165) is 57.7 Å². The summed E-state index contributed by atoms with van der Waals surface area (Å²) >= 11 is 0. The zero-order valence-corrected chi connectivity index (χ0v) is 15.1. The average Bonchev–Trinajstić information content (AvgIpc) is 3.34. The lowest BCUT2D eigenvalue weighted by Gasteiger charge is -2.36. The van der Waals surface area contributed by atoms with E-state index in [1.54, 1.807) is 4.90 Å². The Bertz CT molecular complexity index is 641. The van der Waals surface area contributed by atoms with Gasteiger partial charge in [-0.2, -0.15) is 0 Å². The van der Waals surface area contributed by atoms with Crippen molar-refractivity contribution in [3.8, 4) is 0 Å². The summed E-state index contributed by atoms with van der Waals surface area (Å²) in [5.41, 5.74) is 0. The fraction of sp³-hybridized carbons (Fsp3) is 0.632. The SMILES string of the molecule is O=C(NC1CC1)C1CCCN1C(=O)CN1CCN(c2ccccn2)CC1. The Hall–Kier alpha value is -2.15. The lowest BCUT2D eigenvalue weighted by atomic mass is 10.2. The molecular weight excluding hydrogens is 330 g/mol. The molecule has 1 atom stereocenters. The molecule has 2 amide bonds. The normalized spacial score (nSPS) is 23.9. The zero-order valence-electron chi connectivity index (χ0n) is 15.1. The predicted octanol–water partition coefficient (Wildman–Crippen LogP) is 0.473. The quantitative estimate of drug-likeness (QED) is 0.830. The summed E-state index contributed by atoms with van der Waals surface area (Å²) in [6.45, 7) is 4.54. The minimum atomic E-state index is -0.266. The van der Waals surface area contributed by atoms with Gasteiger partial charge in [0, 0.05) is 45.0 Å². The second-order valence-electron chi connectivity index (χ2n) is 7.48. The number of rotatable bonds is 5. The van der Waals surface area contributed by atoms with Crippen LogP contribution in [-0.4, -0.2) is 78.0 Å². The maximum Gasteiger partial charge on any atom is 0.243 e. The highest BCUT2D eigenvalue weighted by Gasteiger charge is 2.36. The Morgan fingerprint density at radius 3 is 2.58 bits per heavy atom. The minimum absolute atomic E-state index is 0.0401. The van der Waals surface area contributed by atoms with Crippen molar-refractivity contribution in [2.24, 2.45) is 0 Å². The van der Waals surface area contributed by atoms with Crippen LogP contribution in [0, 0.1) is 0 Å². The number of hydrogen-bond acceptors (Lipinski definition) is 5. The van der Waals surface area contributed by atoms with Gasteiger partial charge in [0.2, 0.25) is 11.8 Å². The van der Waals surface area contributed by atoms with E-state index in [-0.39, 0.29) is 17.9 Å². The molecule has 2 saturated heterocycles. The number of amides is 2. The van der Waals surface area contributed by atoms with Crippen LogP contribution in [-0.2, 0) is 9.59 Å². The third-order valence-electron chi connectivity index (χ3n) is 5.50. The monoisotopic (exact) mass is 357 g/mol. The molecule has 3 heterocycles. The number of nitrogens with one attached hydrogen (secondary N) is 1. The molecule has 0 spiro atoms. The first-order valence-electron chi connectivity index (χ1n) is 9.69. The smallest absolute Gasteiger partial charge is 0.243 e. The Kier molecular flexibility index (Phi) is 5.06. The third-order valence-corrected chi connectivity index (χ3v) is 5.50. The Balaban J connectivity index is 1.27. The molecule has 3 fully saturated rings. The average molecular weight is 357 g/mol. The van der Waals surface area contributed by atoms with Gasteiger partial charge < -0.3 is 15.1 Å². The number of nitrogens with zero attached hydrogens (tertiary/aromatic N) is 4. The van der Waals surface area contributed by atoms with Gasteiger partial charge in [0.25, 0.3) is 0 Å². The fourth-order valence-corrected chi connectivity index (χ4v) is 3.82. The summed E-state index contributed by atoms with van der Waals surface area (Å²) in [5.74, 6) is 1.12. The molecule has 0 bridgehead atoms. The van der Waals surface area contributed by atoms with Crippen LogP contribution in [0.25, 0.3) is 0 Å². The molecule has 3 aliphatic rings. The molecule has 0 aromatic carbocycles. The molecule has 7 heteroatoms. The number of carbonyl (C=O) groups excluding carboxylic acids is 2. The van der Waals surface area contributed by atoms with E-state index in [0.29, 0.717) is 19.1 Å². The number of pyridine rings is 1. The summed E-state index contributed by atoms with van der Waals surface area (Å²) < 4.78 is 0. The third kappa shape index (κ3) is 3.98. The number of aromatic nitrogens is 1. The predicted molar refractivity (Wildman–Crippen MR) is 98.8 cm³/mol. The van der Waals surface area contributed by atoms with Crippen LogP contribution in [0.5, 0.6) is 0 Å². The minimum Gasteiger partial charge on any atom is -0.354 e. The second-order valence-corrected chi connectivity index (χ2v) is 7.48. The largest absolute Gasteiger partial charge is 0.354 e. The molecule has 7 nitrogen and oxygen atoms in total. The van der Waals surface area contributed by atoms with Crippen molar-refractivity contribution in [3.05, 3.63) is 24.4 Å². The van der Waals surface area contributed by atoms with Crippen molar-refractivity contribution in [1.82, 2.24) is 20.1 Å². The van der Waals surface area contributed by atoms with Crippen LogP contribution < -0.4 is 10.2 Å². The summed E-state index contributed by atoms with van der Waals surface area (Å²) in [5, 5.41) is 3.05. The van der Waals surface area contributed by atoms with Crippen LogP contribution >= 0.6 is 0 Å². The number of likely N-dealkylation sites (tertiary alicyclic amines) is 1.